The molecule has 0 bridgehead atoms. The second-order valence-corrected chi connectivity index (χ2v) is 33.7. The second-order valence-electron chi connectivity index (χ2n) is 31.6. The molecule has 0 unspecified atom stereocenters. The van der Waals surface area contributed by atoms with Gasteiger partial charge >= 0.3 is 0 Å². The molecule has 878 valence electrons. The molecule has 0 aromatic rings. The van der Waals surface area contributed by atoms with Crippen molar-refractivity contribution < 1.29 is 233 Å². The maximum atomic E-state index is 10.3. The van der Waals surface area contributed by atoms with Gasteiger partial charge in [0.2, 0.25) is 20.8 Å². The molecule has 0 amide bonds. The molecule has 0 aliphatic heterocycles. The van der Waals surface area contributed by atoms with E-state index in [1.165, 1.54) is 0 Å². The number of carbonyl (C=O) groups excluding carboxylic acids is 2. The lowest BCUT2D eigenvalue weighted by Gasteiger charge is -2.29. The van der Waals surface area contributed by atoms with Crippen molar-refractivity contribution in [3.05, 3.63) is 0 Å². The SMILES string of the molecule is C=O.C=O.C[N+](C)(CCCOCCCCOCCC[N+](C)(C)CCCOCCOCCOCCOCCOCCOCCOCCOCCOCCOCCOCCOCCOCCOCCOCCOCCOCCOCCOS(=O)(=O)[O-])CCCOCCOCCOCCOCCOCCOCCOCCOCCOCCOCCOCCOCCOCCOCCOCCOCCOCCOCCOS(=O)(=O)[O-]. The summed E-state index contributed by atoms with van der Waals surface area (Å²) >= 11 is 0. The monoisotopic (exact) mass is 2180 g/mol. The van der Waals surface area contributed by atoms with Gasteiger partial charge in [-0.15, -0.1) is 0 Å². The average molecular weight is 2180 g/mol. The van der Waals surface area contributed by atoms with Crippen molar-refractivity contribution in [1.29, 1.82) is 0 Å². The Hall–Kier alpha value is -2.52. The molecule has 0 saturated carbocycles. The van der Waals surface area contributed by atoms with Crippen molar-refractivity contribution >= 4 is 34.4 Å². The van der Waals surface area contributed by atoms with Gasteiger partial charge in [0.1, 0.15) is 13.6 Å². The Morgan fingerprint density at radius 2 is 0.199 bits per heavy atom. The molecule has 0 rings (SSSR count). The molecule has 0 atom stereocenters. The number of carbonyl (C=O) groups is 2. The molecule has 0 radical (unpaired) electrons. The van der Waals surface area contributed by atoms with Crippen LogP contribution < -0.4 is 0 Å². The minimum atomic E-state index is -4.69. The maximum absolute atomic E-state index is 10.3. The van der Waals surface area contributed by atoms with Crippen molar-refractivity contribution in [2.24, 2.45) is 0 Å². The van der Waals surface area contributed by atoms with E-state index in [4.69, 9.17) is 190 Å². The van der Waals surface area contributed by atoms with Crippen LogP contribution in [0.1, 0.15) is 38.5 Å². The smallest absolute Gasteiger partial charge is 0.217 e. The van der Waals surface area contributed by atoms with Gasteiger partial charge in [-0.05, 0) is 12.8 Å². The Morgan fingerprint density at radius 3 is 0.288 bits per heavy atom. The van der Waals surface area contributed by atoms with Gasteiger partial charge in [-0.1, -0.05) is 0 Å². The van der Waals surface area contributed by atoms with E-state index >= 15 is 0 Å². The first kappa shape index (κ1) is 148. The van der Waals surface area contributed by atoms with Crippen LogP contribution in [0, 0.1) is 0 Å². The van der Waals surface area contributed by atoms with Crippen molar-refractivity contribution in [3.63, 3.8) is 0 Å². The van der Waals surface area contributed by atoms with E-state index < -0.39 is 20.8 Å². The predicted molar refractivity (Wildman–Crippen MR) is 528 cm³/mol. The summed E-state index contributed by atoms with van der Waals surface area (Å²) in [5.74, 6) is 0. The van der Waals surface area contributed by atoms with E-state index in [-0.39, 0.29) is 39.6 Å². The number of hydrogen-bond acceptors (Lipinski definition) is 48. The Kier molecular flexibility index (Phi) is 129. The molecule has 0 spiro atoms. The standard InChI is InChI=1S/C92H188N2O46S2.2CH2O/c1-93(2,13-9-19-103-21-23-105-25-27-107-29-31-109-33-35-111-37-39-113-41-43-115-45-47-117-49-51-119-53-55-121-57-59-123-61-63-125-65-67-127-69-71-129-73-75-131-77-79-133-81-83-135-85-87-137-89-91-139-141(95,96)97)11-7-17-101-15-5-6-16-102-18-8-12-94(3,4)14-10-20-104-22-24-106-26-28-108-30-32-110-34-36-112-38-40-114-42-44-116-46-48-118-50-52-120-54-56-122-58-60-124-62-64-126-66-68-128-70-72-130-74-76-132-78-80-134-82-84-136-86-88-138-90-92-140-142(98,99)100;2*1-2/h5-92H2,1-4H3;2*1H2. The van der Waals surface area contributed by atoms with E-state index in [9.17, 15) is 25.9 Å². The topological polar surface area (TPSA) is 518 Å². The fraction of sp³-hybridized carbons (Fsp3) is 0.979. The van der Waals surface area contributed by atoms with Gasteiger partial charge in [0.15, 0.2) is 0 Å². The summed E-state index contributed by atoms with van der Waals surface area (Å²) < 4.78 is 282. The van der Waals surface area contributed by atoms with E-state index in [0.29, 0.717) is 449 Å². The van der Waals surface area contributed by atoms with E-state index in [1.807, 2.05) is 13.6 Å². The first-order chi connectivity index (χ1) is 71.6. The van der Waals surface area contributed by atoms with Crippen molar-refractivity contribution in [3.8, 4) is 0 Å². The summed E-state index contributed by atoms with van der Waals surface area (Å²) in [7, 11) is -0.327. The lowest BCUT2D eigenvalue weighted by atomic mass is 10.3. The van der Waals surface area contributed by atoms with E-state index in [2.05, 4.69) is 36.6 Å². The van der Waals surface area contributed by atoms with Crippen LogP contribution in [0.25, 0.3) is 0 Å². The number of nitrogens with zero attached hydrogens (tertiary/aromatic N) is 2. The van der Waals surface area contributed by atoms with Crippen molar-refractivity contribution in [2.45, 2.75) is 38.5 Å². The minimum Gasteiger partial charge on any atom is -0.726 e. The molecule has 0 aromatic carbocycles. The van der Waals surface area contributed by atoms with Crippen LogP contribution in [0.15, 0.2) is 0 Å². The fourth-order valence-corrected chi connectivity index (χ4v) is 11.8. The minimum absolute atomic E-state index is 0.0209. The number of rotatable bonds is 131. The largest absolute Gasteiger partial charge is 0.726 e. The van der Waals surface area contributed by atoms with Crippen LogP contribution in [-0.2, 0) is 219 Å². The number of quaternary nitrogens is 2. The molecule has 0 heterocycles. The number of unbranched alkanes of at least 4 members (excludes halogenated alkanes) is 1. The molecule has 0 aliphatic carbocycles. The van der Waals surface area contributed by atoms with Gasteiger partial charge in [0.25, 0.3) is 0 Å². The van der Waals surface area contributed by atoms with Crippen molar-refractivity contribution in [2.75, 3.05) is 570 Å². The fourth-order valence-electron chi connectivity index (χ4n) is 11.3. The molecular formula is C94H192N2O48S2. The van der Waals surface area contributed by atoms with Gasteiger partial charge in [0.05, 0.1) is 556 Å². The second kappa shape index (κ2) is 128. The quantitative estimate of drug-likeness (QED) is 0.0350. The third-order valence-electron chi connectivity index (χ3n) is 18.6. The number of hydrogen-bond donors (Lipinski definition) is 0. The molecule has 0 aliphatic rings. The first-order valence-corrected chi connectivity index (χ1v) is 53.6. The molecule has 0 N–H and O–H groups in total. The predicted octanol–water partition coefficient (Wildman–Crippen LogP) is 0.694. The van der Waals surface area contributed by atoms with E-state index in [1.54, 1.807) is 0 Å². The highest BCUT2D eigenvalue weighted by Crippen LogP contribution is 2.07. The van der Waals surface area contributed by atoms with Crippen LogP contribution >= 0.6 is 0 Å². The third-order valence-corrected chi connectivity index (χ3v) is 19.5. The summed E-state index contributed by atoms with van der Waals surface area (Å²) in [4.78, 5) is 16.0. The van der Waals surface area contributed by atoms with Crippen LogP contribution in [0.4, 0.5) is 0 Å². The Balaban J connectivity index is -0.0000504. The highest BCUT2D eigenvalue weighted by Gasteiger charge is 2.17. The third kappa shape index (κ3) is 141. The Bertz CT molecular complexity index is 2480. The molecule has 50 nitrogen and oxygen atoms in total. The Labute approximate surface area is 871 Å². The van der Waals surface area contributed by atoms with Gasteiger partial charge in [0, 0.05) is 38.9 Å². The molecule has 0 fully saturated rings. The van der Waals surface area contributed by atoms with Gasteiger partial charge in [-0.25, -0.2) is 16.8 Å². The summed E-state index contributed by atoms with van der Waals surface area (Å²) in [5, 5.41) is 0. The first-order valence-electron chi connectivity index (χ1n) is 51.0. The van der Waals surface area contributed by atoms with Gasteiger partial charge in [-0.2, -0.15) is 0 Å². The highest BCUT2D eigenvalue weighted by atomic mass is 32.3. The lowest BCUT2D eigenvalue weighted by Crippen LogP contribution is -2.42. The van der Waals surface area contributed by atoms with E-state index in [0.717, 1.165) is 100 Å². The molecule has 52 heteroatoms. The van der Waals surface area contributed by atoms with Gasteiger partial charge < -0.3 is 208 Å². The summed E-state index contributed by atoms with van der Waals surface area (Å²) in [6, 6.07) is 0. The average Bonchev–Trinajstić information content (AvgIpc) is 0.942. The highest BCUT2D eigenvalue weighted by molar-refractivity contribution is 7.81. The van der Waals surface area contributed by atoms with Crippen LogP contribution in [0.3, 0.4) is 0 Å². The molecule has 0 saturated heterocycles. The van der Waals surface area contributed by atoms with Crippen LogP contribution in [0.2, 0.25) is 0 Å². The van der Waals surface area contributed by atoms with Crippen LogP contribution in [0.5, 0.6) is 0 Å². The summed E-state index contributed by atoms with van der Waals surface area (Å²) in [6.07, 6.45) is 6.05. The van der Waals surface area contributed by atoms with Crippen LogP contribution in [-0.4, -0.2) is 618 Å². The zero-order chi connectivity index (χ0) is 107. The number of ether oxygens (including phenoxy) is 38. The zero-order valence-corrected chi connectivity index (χ0v) is 90.6. The lowest BCUT2D eigenvalue weighted by molar-refractivity contribution is -0.890. The summed E-state index contributed by atoms with van der Waals surface area (Å²) in [5.41, 5.74) is 0. The maximum Gasteiger partial charge on any atom is 0.217 e. The van der Waals surface area contributed by atoms with Crippen molar-refractivity contribution in [1.82, 2.24) is 0 Å². The normalized spacial score (nSPS) is 12.1. The van der Waals surface area contributed by atoms with Gasteiger partial charge in [-0.3, -0.25) is 8.37 Å². The molecule has 146 heavy (non-hydrogen) atoms. The Morgan fingerprint density at radius 1 is 0.130 bits per heavy atom. The zero-order valence-electron chi connectivity index (χ0n) is 88.9. The molecule has 0 aromatic heterocycles. The summed E-state index contributed by atoms with van der Waals surface area (Å²) in [6.45, 7) is 43.1. The molecular weight excluding hydrogens is 1990 g/mol.